The molecule has 1 aromatic carbocycles. The summed E-state index contributed by atoms with van der Waals surface area (Å²) in [7, 11) is 1.35. The molecule has 0 aliphatic carbocycles. The predicted molar refractivity (Wildman–Crippen MR) is 64.4 cm³/mol. The van der Waals surface area contributed by atoms with Gasteiger partial charge in [0.2, 0.25) is 5.91 Å². The van der Waals surface area contributed by atoms with Gasteiger partial charge in [0.1, 0.15) is 6.54 Å². The maximum Gasteiger partial charge on any atom is 0.321 e. The monoisotopic (exact) mass is 261 g/mol. The number of urea groups is 1. The number of benzene rings is 1. The van der Waals surface area contributed by atoms with Crippen LogP contribution in [0.2, 0.25) is 0 Å². The van der Waals surface area contributed by atoms with Gasteiger partial charge in [0.15, 0.2) is 0 Å². The molecule has 2 N–H and O–H groups in total. The lowest BCUT2D eigenvalue weighted by atomic mass is 10.1. The van der Waals surface area contributed by atoms with Crippen molar-refractivity contribution in [3.63, 3.8) is 0 Å². The zero-order valence-corrected chi connectivity index (χ0v) is 10.1. The fourth-order valence-corrected chi connectivity index (χ4v) is 1.75. The average molecular weight is 261 g/mol. The molecular weight excluding hydrogens is 250 g/mol. The van der Waals surface area contributed by atoms with E-state index in [0.717, 1.165) is 4.90 Å². The molecule has 0 radical (unpaired) electrons. The van der Waals surface area contributed by atoms with Crippen LogP contribution in [0.1, 0.15) is 20.7 Å². The topological polar surface area (TPSA) is 95.6 Å². The Morgan fingerprint density at radius 2 is 1.63 bits per heavy atom. The fourth-order valence-electron chi connectivity index (χ4n) is 1.75. The van der Waals surface area contributed by atoms with E-state index in [1.807, 2.05) is 5.32 Å². The van der Waals surface area contributed by atoms with E-state index in [-0.39, 0.29) is 11.1 Å². The molecule has 0 saturated heterocycles. The predicted octanol–water partition coefficient (Wildman–Crippen LogP) is -0.262. The SMILES string of the molecule is CNC(=O)NC(=O)CN1C(=O)c2ccccc2C1=O. The Bertz CT molecular complexity index is 547. The van der Waals surface area contributed by atoms with Gasteiger partial charge in [-0.15, -0.1) is 0 Å². The molecule has 1 aromatic rings. The lowest BCUT2D eigenvalue weighted by Crippen LogP contribution is -2.45. The lowest BCUT2D eigenvalue weighted by molar-refractivity contribution is -0.120. The molecule has 0 atom stereocenters. The zero-order chi connectivity index (χ0) is 14.0. The summed E-state index contributed by atoms with van der Waals surface area (Å²) in [5.41, 5.74) is 0.528. The molecule has 7 heteroatoms. The van der Waals surface area contributed by atoms with Crippen molar-refractivity contribution in [1.82, 2.24) is 15.5 Å². The fraction of sp³-hybridized carbons (Fsp3) is 0.167. The Balaban J connectivity index is 2.12. The van der Waals surface area contributed by atoms with Gasteiger partial charge in [0, 0.05) is 7.05 Å². The highest BCUT2D eigenvalue weighted by atomic mass is 16.2. The van der Waals surface area contributed by atoms with E-state index >= 15 is 0 Å². The summed E-state index contributed by atoms with van der Waals surface area (Å²) in [5, 5.41) is 4.19. The van der Waals surface area contributed by atoms with Crippen LogP contribution >= 0.6 is 0 Å². The van der Waals surface area contributed by atoms with Gasteiger partial charge in [-0.25, -0.2) is 4.79 Å². The van der Waals surface area contributed by atoms with E-state index < -0.39 is 30.3 Å². The third-order valence-corrected chi connectivity index (χ3v) is 2.66. The smallest absolute Gasteiger partial charge is 0.321 e. The van der Waals surface area contributed by atoms with E-state index in [1.165, 1.54) is 19.2 Å². The third-order valence-electron chi connectivity index (χ3n) is 2.66. The first-order valence-electron chi connectivity index (χ1n) is 5.51. The van der Waals surface area contributed by atoms with Gasteiger partial charge < -0.3 is 5.32 Å². The van der Waals surface area contributed by atoms with Gasteiger partial charge in [0.25, 0.3) is 11.8 Å². The molecule has 2 rings (SSSR count). The number of rotatable bonds is 2. The van der Waals surface area contributed by atoms with Crippen LogP contribution in [0.15, 0.2) is 24.3 Å². The maximum absolute atomic E-state index is 11.9. The van der Waals surface area contributed by atoms with Crippen LogP contribution in [0, 0.1) is 0 Å². The molecule has 7 nitrogen and oxygen atoms in total. The van der Waals surface area contributed by atoms with Gasteiger partial charge in [0.05, 0.1) is 11.1 Å². The molecule has 0 unspecified atom stereocenters. The van der Waals surface area contributed by atoms with Crippen LogP contribution in [0.5, 0.6) is 0 Å². The number of amides is 5. The first-order valence-corrected chi connectivity index (χ1v) is 5.51. The van der Waals surface area contributed by atoms with Crippen molar-refractivity contribution in [3.8, 4) is 0 Å². The highest BCUT2D eigenvalue weighted by Crippen LogP contribution is 2.21. The summed E-state index contributed by atoms with van der Waals surface area (Å²) in [4.78, 5) is 47.1. The maximum atomic E-state index is 11.9. The highest BCUT2D eigenvalue weighted by Gasteiger charge is 2.36. The zero-order valence-electron chi connectivity index (χ0n) is 10.1. The van der Waals surface area contributed by atoms with Gasteiger partial charge in [-0.05, 0) is 12.1 Å². The minimum absolute atomic E-state index is 0.264. The summed E-state index contributed by atoms with van der Waals surface area (Å²) in [6, 6.07) is 5.62. The quantitative estimate of drug-likeness (QED) is 0.717. The molecular formula is C12H11N3O4. The van der Waals surface area contributed by atoms with Crippen LogP contribution in [0.4, 0.5) is 4.79 Å². The third kappa shape index (κ3) is 2.30. The standard InChI is InChI=1S/C12H11N3O4/c1-13-12(19)14-9(16)6-15-10(17)7-4-2-3-5-8(7)11(15)18/h2-5H,6H2,1H3,(H2,13,14,16,19). The van der Waals surface area contributed by atoms with Crippen molar-refractivity contribution in [2.24, 2.45) is 0 Å². The largest absolute Gasteiger partial charge is 0.341 e. The molecule has 98 valence electrons. The van der Waals surface area contributed by atoms with E-state index in [9.17, 15) is 19.2 Å². The second kappa shape index (κ2) is 4.89. The normalized spacial score (nSPS) is 13.2. The number of carbonyl (C=O) groups excluding carboxylic acids is 4. The second-order valence-corrected chi connectivity index (χ2v) is 3.87. The number of hydrogen-bond acceptors (Lipinski definition) is 4. The Labute approximate surface area is 108 Å². The Morgan fingerprint density at radius 1 is 1.11 bits per heavy atom. The number of fused-ring (bicyclic) bond motifs is 1. The van der Waals surface area contributed by atoms with Crippen LogP contribution in [-0.2, 0) is 4.79 Å². The van der Waals surface area contributed by atoms with E-state index in [4.69, 9.17) is 0 Å². The van der Waals surface area contributed by atoms with Gasteiger partial charge in [-0.1, -0.05) is 12.1 Å². The molecule has 1 heterocycles. The average Bonchev–Trinajstić information content (AvgIpc) is 2.64. The van der Waals surface area contributed by atoms with E-state index in [2.05, 4.69) is 5.32 Å². The molecule has 19 heavy (non-hydrogen) atoms. The molecule has 0 aromatic heterocycles. The van der Waals surface area contributed by atoms with E-state index in [0.29, 0.717) is 0 Å². The van der Waals surface area contributed by atoms with E-state index in [1.54, 1.807) is 12.1 Å². The lowest BCUT2D eigenvalue weighted by Gasteiger charge is -2.12. The summed E-state index contributed by atoms with van der Waals surface area (Å²) >= 11 is 0. The minimum Gasteiger partial charge on any atom is -0.341 e. The van der Waals surface area contributed by atoms with Gasteiger partial charge >= 0.3 is 6.03 Å². The van der Waals surface area contributed by atoms with Crippen molar-refractivity contribution in [2.45, 2.75) is 0 Å². The summed E-state index contributed by atoms with van der Waals surface area (Å²) in [5.74, 6) is -1.80. The number of hydrogen-bond donors (Lipinski definition) is 2. The molecule has 5 amide bonds. The Hall–Kier alpha value is -2.70. The highest BCUT2D eigenvalue weighted by molar-refractivity contribution is 6.22. The summed E-state index contributed by atoms with van der Waals surface area (Å²) < 4.78 is 0. The number of imide groups is 2. The molecule has 0 bridgehead atoms. The van der Waals surface area contributed by atoms with Crippen LogP contribution < -0.4 is 10.6 Å². The number of nitrogens with zero attached hydrogens (tertiary/aromatic N) is 1. The molecule has 1 aliphatic rings. The summed E-state index contributed by atoms with van der Waals surface area (Å²) in [6.07, 6.45) is 0. The molecule has 0 fully saturated rings. The number of nitrogens with one attached hydrogen (secondary N) is 2. The van der Waals surface area contributed by atoms with Crippen molar-refractivity contribution in [3.05, 3.63) is 35.4 Å². The number of carbonyl (C=O) groups is 4. The van der Waals surface area contributed by atoms with Crippen LogP contribution in [0.3, 0.4) is 0 Å². The first kappa shape index (κ1) is 12.7. The first-order chi connectivity index (χ1) is 9.04. The van der Waals surface area contributed by atoms with Crippen molar-refractivity contribution < 1.29 is 19.2 Å². The van der Waals surface area contributed by atoms with Crippen molar-refractivity contribution >= 4 is 23.8 Å². The molecule has 0 spiro atoms. The second-order valence-electron chi connectivity index (χ2n) is 3.87. The van der Waals surface area contributed by atoms with Crippen molar-refractivity contribution in [2.75, 3.05) is 13.6 Å². The molecule has 0 saturated carbocycles. The Kier molecular flexibility index (Phi) is 3.28. The summed E-state index contributed by atoms with van der Waals surface area (Å²) in [6.45, 7) is -0.486. The molecule has 1 aliphatic heterocycles. The van der Waals surface area contributed by atoms with Crippen molar-refractivity contribution in [1.29, 1.82) is 0 Å². The van der Waals surface area contributed by atoms with Crippen LogP contribution in [0.25, 0.3) is 0 Å². The minimum atomic E-state index is -0.728. The van der Waals surface area contributed by atoms with Gasteiger partial charge in [-0.2, -0.15) is 0 Å². The van der Waals surface area contributed by atoms with Gasteiger partial charge in [-0.3, -0.25) is 24.6 Å². The van der Waals surface area contributed by atoms with Crippen LogP contribution in [-0.4, -0.2) is 42.2 Å². The Morgan fingerprint density at radius 3 is 2.11 bits per heavy atom.